The smallest absolute Gasteiger partial charge is 0.267 e. The Kier molecular flexibility index (Phi) is 4.77. The highest BCUT2D eigenvalue weighted by Crippen LogP contribution is 2.10. The lowest BCUT2D eigenvalue weighted by molar-refractivity contribution is 0.0954. The molecule has 0 saturated carbocycles. The van der Waals surface area contributed by atoms with Gasteiger partial charge in [-0.1, -0.05) is 54.6 Å². The van der Waals surface area contributed by atoms with Gasteiger partial charge in [-0.25, -0.2) is 5.43 Å². The lowest BCUT2D eigenvalue weighted by atomic mass is 10.1. The fraction of sp³-hybridized carbons (Fsp3) is 0.0500. The van der Waals surface area contributed by atoms with Crippen LogP contribution in [0.2, 0.25) is 0 Å². The highest BCUT2D eigenvalue weighted by molar-refractivity contribution is 6.12. The molecule has 4 heteroatoms. The molecule has 4 nitrogen and oxygen atoms in total. The molecule has 1 amide bonds. The number of rotatable bonds is 4. The average molecular weight is 315 g/mol. The normalized spacial score (nSPS) is 11.1. The fourth-order valence-electron chi connectivity index (χ4n) is 2.36. The van der Waals surface area contributed by atoms with E-state index < -0.39 is 0 Å². The van der Waals surface area contributed by atoms with Crippen LogP contribution in [0.5, 0.6) is 0 Å². The van der Waals surface area contributed by atoms with Crippen molar-refractivity contribution in [2.75, 3.05) is 0 Å². The van der Waals surface area contributed by atoms with Crippen molar-refractivity contribution in [2.24, 2.45) is 5.10 Å². The zero-order chi connectivity index (χ0) is 16.8. The number of hydrazone groups is 1. The van der Waals surface area contributed by atoms with Crippen molar-refractivity contribution in [3.63, 3.8) is 0 Å². The molecule has 1 N–H and O–H groups in total. The summed E-state index contributed by atoms with van der Waals surface area (Å²) in [5.41, 5.74) is 6.37. The number of hydrogen-bond acceptors (Lipinski definition) is 3. The van der Waals surface area contributed by atoms with Crippen LogP contribution in [-0.4, -0.2) is 16.6 Å². The predicted molar refractivity (Wildman–Crippen MR) is 95.0 cm³/mol. The molecule has 24 heavy (non-hydrogen) atoms. The third-order valence-electron chi connectivity index (χ3n) is 3.61. The van der Waals surface area contributed by atoms with Crippen LogP contribution in [0.4, 0.5) is 0 Å². The Morgan fingerprint density at radius 1 is 0.917 bits per heavy atom. The van der Waals surface area contributed by atoms with E-state index in [1.165, 1.54) is 0 Å². The summed E-state index contributed by atoms with van der Waals surface area (Å²) < 4.78 is 0. The van der Waals surface area contributed by atoms with E-state index in [1.54, 1.807) is 12.3 Å². The van der Waals surface area contributed by atoms with Crippen LogP contribution in [0, 0.1) is 6.92 Å². The Morgan fingerprint density at radius 3 is 2.33 bits per heavy atom. The summed E-state index contributed by atoms with van der Waals surface area (Å²) in [6.07, 6.45) is 1.71. The first-order valence-corrected chi connectivity index (χ1v) is 7.66. The maximum Gasteiger partial charge on any atom is 0.271 e. The van der Waals surface area contributed by atoms with Gasteiger partial charge in [0.2, 0.25) is 0 Å². The van der Waals surface area contributed by atoms with Gasteiger partial charge >= 0.3 is 0 Å². The van der Waals surface area contributed by atoms with Gasteiger partial charge in [0.1, 0.15) is 5.71 Å². The van der Waals surface area contributed by atoms with Crippen molar-refractivity contribution < 1.29 is 4.79 Å². The number of nitrogens with one attached hydrogen (secondary N) is 1. The SMILES string of the molecule is Cc1ccccc1C(=O)N/N=C(\c1ccccc1)c1ccccn1. The number of aryl methyl sites for hydroxylation is 1. The Labute approximate surface area is 140 Å². The van der Waals surface area contributed by atoms with E-state index in [1.807, 2.05) is 73.7 Å². The monoisotopic (exact) mass is 315 g/mol. The number of nitrogens with zero attached hydrogens (tertiary/aromatic N) is 2. The van der Waals surface area contributed by atoms with Crippen molar-refractivity contribution in [1.29, 1.82) is 0 Å². The van der Waals surface area contributed by atoms with Crippen LogP contribution in [0.1, 0.15) is 27.2 Å². The Balaban J connectivity index is 1.93. The minimum Gasteiger partial charge on any atom is -0.267 e. The van der Waals surface area contributed by atoms with E-state index in [4.69, 9.17) is 0 Å². The van der Waals surface area contributed by atoms with E-state index in [0.29, 0.717) is 17.0 Å². The van der Waals surface area contributed by atoms with Gasteiger partial charge in [-0.15, -0.1) is 0 Å². The molecular formula is C20H17N3O. The molecule has 3 rings (SSSR count). The first kappa shape index (κ1) is 15.6. The second-order valence-corrected chi connectivity index (χ2v) is 5.30. The van der Waals surface area contributed by atoms with Crippen LogP contribution < -0.4 is 5.43 Å². The summed E-state index contributed by atoms with van der Waals surface area (Å²) in [6.45, 7) is 1.90. The van der Waals surface area contributed by atoms with Gasteiger partial charge in [0.15, 0.2) is 0 Å². The van der Waals surface area contributed by atoms with Crippen LogP contribution in [0.25, 0.3) is 0 Å². The molecule has 0 aliphatic heterocycles. The van der Waals surface area contributed by atoms with Crippen molar-refractivity contribution in [2.45, 2.75) is 6.92 Å². The first-order chi connectivity index (χ1) is 11.8. The molecule has 0 saturated heterocycles. The molecule has 0 fully saturated rings. The number of carbonyl (C=O) groups is 1. The predicted octanol–water partition coefficient (Wildman–Crippen LogP) is 3.57. The number of amides is 1. The molecule has 3 aromatic rings. The van der Waals surface area contributed by atoms with E-state index in [2.05, 4.69) is 15.5 Å². The topological polar surface area (TPSA) is 54.4 Å². The molecule has 0 radical (unpaired) electrons. The van der Waals surface area contributed by atoms with Gasteiger partial charge in [0.25, 0.3) is 5.91 Å². The van der Waals surface area contributed by atoms with Crippen molar-refractivity contribution >= 4 is 11.6 Å². The number of hydrogen-bond donors (Lipinski definition) is 1. The first-order valence-electron chi connectivity index (χ1n) is 7.66. The molecule has 0 aliphatic rings. The third kappa shape index (κ3) is 3.55. The number of aromatic nitrogens is 1. The quantitative estimate of drug-likeness (QED) is 0.591. The summed E-state index contributed by atoms with van der Waals surface area (Å²) in [7, 11) is 0. The van der Waals surface area contributed by atoms with Crippen LogP contribution in [0.3, 0.4) is 0 Å². The average Bonchev–Trinajstić information content (AvgIpc) is 2.64. The molecule has 118 valence electrons. The summed E-state index contributed by atoms with van der Waals surface area (Å²) in [5, 5.41) is 4.34. The number of pyridine rings is 1. The van der Waals surface area contributed by atoms with E-state index in [-0.39, 0.29) is 5.91 Å². The van der Waals surface area contributed by atoms with Crippen molar-refractivity contribution in [1.82, 2.24) is 10.4 Å². The van der Waals surface area contributed by atoms with Gasteiger partial charge in [-0.05, 0) is 30.7 Å². The second kappa shape index (κ2) is 7.33. The highest BCUT2D eigenvalue weighted by Gasteiger charge is 2.11. The Morgan fingerprint density at radius 2 is 1.62 bits per heavy atom. The molecule has 0 spiro atoms. The summed E-state index contributed by atoms with van der Waals surface area (Å²) >= 11 is 0. The molecule has 2 aromatic carbocycles. The van der Waals surface area contributed by atoms with Crippen molar-refractivity contribution in [3.8, 4) is 0 Å². The van der Waals surface area contributed by atoms with Gasteiger partial charge in [-0.2, -0.15) is 5.10 Å². The van der Waals surface area contributed by atoms with Crippen LogP contribution in [-0.2, 0) is 0 Å². The van der Waals surface area contributed by atoms with Gasteiger partial charge in [0.05, 0.1) is 5.69 Å². The Bertz CT molecular complexity index is 817. The highest BCUT2D eigenvalue weighted by atomic mass is 16.2. The zero-order valence-corrected chi connectivity index (χ0v) is 13.3. The summed E-state index contributed by atoms with van der Waals surface area (Å²) in [4.78, 5) is 16.7. The molecule has 0 bridgehead atoms. The molecule has 0 atom stereocenters. The standard InChI is InChI=1S/C20H17N3O/c1-15-9-5-6-12-17(15)20(24)23-22-19(16-10-3-2-4-11-16)18-13-7-8-14-21-18/h2-14H,1H3,(H,23,24)/b22-19+. The second-order valence-electron chi connectivity index (χ2n) is 5.30. The lowest BCUT2D eigenvalue weighted by Crippen LogP contribution is -2.21. The number of carbonyl (C=O) groups excluding carboxylic acids is 1. The Hall–Kier alpha value is -3.27. The maximum atomic E-state index is 12.4. The molecule has 1 aromatic heterocycles. The van der Waals surface area contributed by atoms with E-state index in [0.717, 1.165) is 11.1 Å². The molecule has 1 heterocycles. The van der Waals surface area contributed by atoms with Crippen LogP contribution in [0.15, 0.2) is 84.1 Å². The lowest BCUT2D eigenvalue weighted by Gasteiger charge is -2.08. The minimum atomic E-state index is -0.238. The van der Waals surface area contributed by atoms with Crippen molar-refractivity contribution in [3.05, 3.63) is 101 Å². The van der Waals surface area contributed by atoms with Crippen LogP contribution >= 0.6 is 0 Å². The molecule has 0 unspecified atom stereocenters. The van der Waals surface area contributed by atoms with E-state index >= 15 is 0 Å². The maximum absolute atomic E-state index is 12.4. The summed E-state index contributed by atoms with van der Waals surface area (Å²) in [6, 6.07) is 22.7. The third-order valence-corrected chi connectivity index (χ3v) is 3.61. The van der Waals surface area contributed by atoms with Gasteiger partial charge < -0.3 is 0 Å². The van der Waals surface area contributed by atoms with Gasteiger partial charge in [-0.3, -0.25) is 9.78 Å². The minimum absolute atomic E-state index is 0.238. The number of benzene rings is 2. The zero-order valence-electron chi connectivity index (χ0n) is 13.3. The van der Waals surface area contributed by atoms with E-state index in [9.17, 15) is 4.79 Å². The largest absolute Gasteiger partial charge is 0.271 e. The molecule has 0 aliphatic carbocycles. The van der Waals surface area contributed by atoms with Gasteiger partial charge in [0, 0.05) is 17.3 Å². The summed E-state index contributed by atoms with van der Waals surface area (Å²) in [5.74, 6) is -0.238. The molecular weight excluding hydrogens is 298 g/mol. The fourth-order valence-corrected chi connectivity index (χ4v) is 2.36.